The van der Waals surface area contributed by atoms with Crippen LogP contribution in [0.2, 0.25) is 0 Å². The van der Waals surface area contributed by atoms with Gasteiger partial charge >= 0.3 is 0 Å². The molecule has 0 bridgehead atoms. The molecule has 1 saturated heterocycles. The monoisotopic (exact) mass is 432 g/mol. The fourth-order valence-electron chi connectivity index (χ4n) is 4.24. The van der Waals surface area contributed by atoms with Crippen LogP contribution in [0, 0.1) is 5.92 Å². The Morgan fingerprint density at radius 3 is 2.67 bits per heavy atom. The summed E-state index contributed by atoms with van der Waals surface area (Å²) in [6.45, 7) is 4.66. The van der Waals surface area contributed by atoms with Gasteiger partial charge in [0.25, 0.3) is 0 Å². The van der Waals surface area contributed by atoms with Gasteiger partial charge in [0.05, 0.1) is 13.7 Å². The Labute approximate surface area is 183 Å². The van der Waals surface area contributed by atoms with Gasteiger partial charge in [0.15, 0.2) is 0 Å². The van der Waals surface area contributed by atoms with Crippen molar-refractivity contribution >= 4 is 17.2 Å². The third-order valence-electron chi connectivity index (χ3n) is 5.66. The van der Waals surface area contributed by atoms with Crippen LogP contribution in [0.25, 0.3) is 0 Å². The first-order chi connectivity index (χ1) is 14.7. The number of amides is 1. The number of hydrogen-bond acceptors (Lipinski definition) is 6. The number of rotatable bonds is 11. The highest BCUT2D eigenvalue weighted by Crippen LogP contribution is 2.38. The van der Waals surface area contributed by atoms with E-state index in [4.69, 9.17) is 14.2 Å². The molecule has 1 aliphatic heterocycles. The zero-order valence-electron chi connectivity index (χ0n) is 18.1. The predicted octanol–water partition coefficient (Wildman–Crippen LogP) is 3.09. The highest BCUT2D eigenvalue weighted by molar-refractivity contribution is 7.09. The van der Waals surface area contributed by atoms with Crippen LogP contribution in [0.3, 0.4) is 0 Å². The molecule has 2 heterocycles. The topological polar surface area (TPSA) is 51.2 Å². The third-order valence-corrected chi connectivity index (χ3v) is 6.52. The van der Waals surface area contributed by atoms with Gasteiger partial charge in [0.2, 0.25) is 5.91 Å². The lowest BCUT2D eigenvalue weighted by atomic mass is 9.88. The molecule has 2 unspecified atom stereocenters. The molecule has 7 heteroatoms. The molecule has 0 spiro atoms. The second-order valence-corrected chi connectivity index (χ2v) is 8.68. The Morgan fingerprint density at radius 2 is 1.97 bits per heavy atom. The summed E-state index contributed by atoms with van der Waals surface area (Å²) < 4.78 is 16.0. The smallest absolute Gasteiger partial charge is 0.248 e. The molecule has 1 aromatic carbocycles. The molecule has 30 heavy (non-hydrogen) atoms. The molecule has 1 aliphatic rings. The first-order valence-electron chi connectivity index (χ1n) is 10.3. The number of likely N-dealkylation sites (tertiary alicyclic amines) is 1. The largest absolute Gasteiger partial charge is 0.496 e. The van der Waals surface area contributed by atoms with Gasteiger partial charge in [-0.1, -0.05) is 24.3 Å². The van der Waals surface area contributed by atoms with E-state index < -0.39 is 0 Å². The quantitative estimate of drug-likeness (QED) is 0.546. The minimum Gasteiger partial charge on any atom is -0.496 e. The van der Waals surface area contributed by atoms with E-state index in [1.165, 1.54) is 10.4 Å². The summed E-state index contributed by atoms with van der Waals surface area (Å²) in [6, 6.07) is 12.5. The standard InChI is InChI=1S/C23H32N2O4S/c1-27-11-10-25(23(26)17-28-2)14-18-13-24(15-19-7-6-12-30-19)16-21(18)20-8-4-5-9-22(20)29-3/h4-9,12,18,21H,10-11,13-17H2,1-3H3. The van der Waals surface area contributed by atoms with Gasteiger partial charge in [-0.3, -0.25) is 9.69 Å². The summed E-state index contributed by atoms with van der Waals surface area (Å²) in [5.41, 5.74) is 1.21. The van der Waals surface area contributed by atoms with Gasteiger partial charge in [-0.2, -0.15) is 0 Å². The van der Waals surface area contributed by atoms with Crippen LogP contribution in [-0.4, -0.2) is 76.4 Å². The third kappa shape index (κ3) is 5.82. The Hall–Kier alpha value is -1.93. The molecule has 1 aromatic heterocycles. The molecule has 2 aromatic rings. The number of thiophene rings is 1. The van der Waals surface area contributed by atoms with Crippen molar-refractivity contribution in [3.05, 3.63) is 52.2 Å². The maximum atomic E-state index is 12.6. The SMILES string of the molecule is COCCN(CC1CN(Cc2cccs2)CC1c1ccccc1OC)C(=O)COC. The van der Waals surface area contributed by atoms with E-state index in [-0.39, 0.29) is 12.5 Å². The number of benzene rings is 1. The lowest BCUT2D eigenvalue weighted by Gasteiger charge is -2.28. The number of methoxy groups -OCH3 is 3. The van der Waals surface area contributed by atoms with Crippen molar-refractivity contribution in [1.29, 1.82) is 0 Å². The highest BCUT2D eigenvalue weighted by atomic mass is 32.1. The number of para-hydroxylation sites is 1. The van der Waals surface area contributed by atoms with Crippen LogP contribution in [0.1, 0.15) is 16.4 Å². The van der Waals surface area contributed by atoms with Gasteiger partial charge in [0.1, 0.15) is 12.4 Å². The number of carbonyl (C=O) groups is 1. The number of ether oxygens (including phenoxy) is 3. The van der Waals surface area contributed by atoms with Crippen molar-refractivity contribution in [2.45, 2.75) is 12.5 Å². The summed E-state index contributed by atoms with van der Waals surface area (Å²) in [7, 11) is 4.94. The average molecular weight is 433 g/mol. The van der Waals surface area contributed by atoms with E-state index in [2.05, 4.69) is 34.5 Å². The Balaban J connectivity index is 1.81. The Morgan fingerprint density at radius 1 is 1.13 bits per heavy atom. The second-order valence-electron chi connectivity index (χ2n) is 7.65. The lowest BCUT2D eigenvalue weighted by Crippen LogP contribution is -2.41. The maximum Gasteiger partial charge on any atom is 0.248 e. The summed E-state index contributed by atoms with van der Waals surface area (Å²) in [4.78, 5) is 18.4. The van der Waals surface area contributed by atoms with Gasteiger partial charge in [-0.15, -0.1) is 11.3 Å². The molecule has 1 fully saturated rings. The van der Waals surface area contributed by atoms with Crippen molar-refractivity contribution in [3.8, 4) is 5.75 Å². The van der Waals surface area contributed by atoms with Gasteiger partial charge in [-0.25, -0.2) is 0 Å². The second kappa shape index (κ2) is 11.5. The van der Waals surface area contributed by atoms with Crippen LogP contribution < -0.4 is 4.74 Å². The van der Waals surface area contributed by atoms with Crippen molar-refractivity contribution < 1.29 is 19.0 Å². The predicted molar refractivity (Wildman–Crippen MR) is 119 cm³/mol. The molecule has 0 aliphatic carbocycles. The summed E-state index contributed by atoms with van der Waals surface area (Å²) >= 11 is 1.79. The van der Waals surface area contributed by atoms with Crippen molar-refractivity contribution in [2.24, 2.45) is 5.92 Å². The summed E-state index contributed by atoms with van der Waals surface area (Å²) in [6.07, 6.45) is 0. The van der Waals surface area contributed by atoms with E-state index in [0.29, 0.717) is 31.5 Å². The first-order valence-corrected chi connectivity index (χ1v) is 11.2. The van der Waals surface area contributed by atoms with Crippen molar-refractivity contribution in [1.82, 2.24) is 9.80 Å². The van der Waals surface area contributed by atoms with E-state index in [1.807, 2.05) is 17.0 Å². The number of nitrogens with zero attached hydrogens (tertiary/aromatic N) is 2. The normalized spacial score (nSPS) is 19.2. The van der Waals surface area contributed by atoms with Crippen LogP contribution in [-0.2, 0) is 20.8 Å². The fourth-order valence-corrected chi connectivity index (χ4v) is 4.99. The van der Waals surface area contributed by atoms with Crippen LogP contribution >= 0.6 is 11.3 Å². The molecule has 164 valence electrons. The maximum absolute atomic E-state index is 12.6. The lowest BCUT2D eigenvalue weighted by molar-refractivity contribution is -0.136. The van der Waals surface area contributed by atoms with Gasteiger partial charge in [-0.05, 0) is 29.0 Å². The molecule has 2 atom stereocenters. The fraction of sp³-hybridized carbons (Fsp3) is 0.522. The van der Waals surface area contributed by atoms with Crippen molar-refractivity contribution in [2.75, 3.05) is 60.7 Å². The van der Waals surface area contributed by atoms with Crippen molar-refractivity contribution in [3.63, 3.8) is 0 Å². The van der Waals surface area contributed by atoms with Gasteiger partial charge < -0.3 is 19.1 Å². The Bertz CT molecular complexity index is 783. The summed E-state index contributed by atoms with van der Waals surface area (Å²) in [5, 5.41) is 2.12. The zero-order valence-corrected chi connectivity index (χ0v) is 18.9. The van der Waals surface area contributed by atoms with E-state index in [1.54, 1.807) is 32.7 Å². The van der Waals surface area contributed by atoms with Crippen LogP contribution in [0.5, 0.6) is 5.75 Å². The molecule has 0 saturated carbocycles. The molecule has 1 amide bonds. The molecule has 0 radical (unpaired) electrons. The average Bonchev–Trinajstić information content (AvgIpc) is 3.41. The minimum absolute atomic E-state index is 0.00466. The van der Waals surface area contributed by atoms with Crippen LogP contribution in [0.15, 0.2) is 41.8 Å². The molecule has 6 nitrogen and oxygen atoms in total. The van der Waals surface area contributed by atoms with Gasteiger partial charge in [0, 0.05) is 57.7 Å². The van der Waals surface area contributed by atoms with E-state index >= 15 is 0 Å². The minimum atomic E-state index is 0.00466. The zero-order chi connectivity index (χ0) is 21.3. The molecular formula is C23H32N2O4S. The van der Waals surface area contributed by atoms with Crippen LogP contribution in [0.4, 0.5) is 0 Å². The highest BCUT2D eigenvalue weighted by Gasteiger charge is 2.37. The van der Waals surface area contributed by atoms with E-state index in [0.717, 1.165) is 25.4 Å². The van der Waals surface area contributed by atoms with E-state index in [9.17, 15) is 4.79 Å². The molecular weight excluding hydrogens is 400 g/mol. The molecule has 3 rings (SSSR count). The summed E-state index contributed by atoms with van der Waals surface area (Å²) in [5.74, 6) is 1.52. The molecule has 0 N–H and O–H groups in total. The first kappa shape index (κ1) is 22.7. The Kier molecular flexibility index (Phi) is 8.69. The number of hydrogen-bond donors (Lipinski definition) is 0. The number of carbonyl (C=O) groups excluding carboxylic acids is 1.